The molecule has 0 radical (unpaired) electrons. The highest BCUT2D eigenvalue weighted by Crippen LogP contribution is 2.31. The molecule has 6 heteroatoms. The van der Waals surface area contributed by atoms with Gasteiger partial charge < -0.3 is 11.1 Å². The van der Waals surface area contributed by atoms with Gasteiger partial charge in [-0.05, 0) is 12.5 Å². The number of carbonyl (C=O) groups is 1. The number of hydrogen-bond donors (Lipinski definition) is 2. The van der Waals surface area contributed by atoms with E-state index in [9.17, 15) is 4.79 Å². The van der Waals surface area contributed by atoms with Crippen molar-refractivity contribution in [3.63, 3.8) is 0 Å². The third-order valence-corrected chi connectivity index (χ3v) is 3.65. The largest absolute Gasteiger partial charge is 0.348 e. The van der Waals surface area contributed by atoms with Gasteiger partial charge in [0, 0.05) is 12.6 Å². The molecule has 1 amide bonds. The van der Waals surface area contributed by atoms with Crippen LogP contribution in [-0.4, -0.2) is 18.5 Å². The molecule has 1 rings (SSSR count). The molecule has 1 aromatic rings. The maximum Gasteiger partial charge on any atom is 0.253 e. The van der Waals surface area contributed by atoms with Crippen LogP contribution in [0.5, 0.6) is 0 Å². The van der Waals surface area contributed by atoms with E-state index in [1.807, 2.05) is 6.92 Å². The first-order chi connectivity index (χ1) is 7.58. The zero-order valence-corrected chi connectivity index (χ0v) is 11.3. The molecular formula is C10H14Cl2N2OS. The molecule has 90 valence electrons. The molecule has 0 saturated heterocycles. The molecule has 0 aliphatic carbocycles. The second-order valence-corrected chi connectivity index (χ2v) is 5.72. The van der Waals surface area contributed by atoms with Gasteiger partial charge >= 0.3 is 0 Å². The topological polar surface area (TPSA) is 55.1 Å². The zero-order chi connectivity index (χ0) is 12.1. The zero-order valence-electron chi connectivity index (χ0n) is 8.93. The summed E-state index contributed by atoms with van der Waals surface area (Å²) in [6.45, 7) is 2.47. The third-order valence-electron chi connectivity index (χ3n) is 2.16. The number of amides is 1. The normalized spacial score (nSPS) is 12.5. The summed E-state index contributed by atoms with van der Waals surface area (Å²) in [4.78, 5) is 11.8. The number of hydrogen-bond acceptors (Lipinski definition) is 3. The molecule has 3 N–H and O–H groups in total. The van der Waals surface area contributed by atoms with Gasteiger partial charge in [0.15, 0.2) is 0 Å². The van der Waals surface area contributed by atoms with E-state index in [0.29, 0.717) is 20.8 Å². The van der Waals surface area contributed by atoms with Gasteiger partial charge in [-0.2, -0.15) is 0 Å². The van der Waals surface area contributed by atoms with Crippen LogP contribution in [0.3, 0.4) is 0 Å². The minimum Gasteiger partial charge on any atom is -0.348 e. The van der Waals surface area contributed by atoms with Gasteiger partial charge in [0.05, 0.1) is 9.90 Å². The number of nitrogens with two attached hydrogens (primary N) is 1. The smallest absolute Gasteiger partial charge is 0.253 e. The molecule has 0 aliphatic rings. The Morgan fingerprint density at radius 1 is 1.62 bits per heavy atom. The van der Waals surface area contributed by atoms with E-state index in [4.69, 9.17) is 28.9 Å². The van der Waals surface area contributed by atoms with Crippen molar-refractivity contribution in [2.45, 2.75) is 25.8 Å². The molecule has 1 atom stereocenters. The summed E-state index contributed by atoms with van der Waals surface area (Å²) in [7, 11) is 0. The van der Waals surface area contributed by atoms with Crippen molar-refractivity contribution >= 4 is 40.4 Å². The van der Waals surface area contributed by atoms with Crippen LogP contribution in [0, 0.1) is 0 Å². The third kappa shape index (κ3) is 3.63. The highest BCUT2D eigenvalue weighted by atomic mass is 35.5. The summed E-state index contributed by atoms with van der Waals surface area (Å²) >= 11 is 12.8. The fourth-order valence-electron chi connectivity index (χ4n) is 1.36. The van der Waals surface area contributed by atoms with Crippen LogP contribution >= 0.6 is 34.5 Å². The van der Waals surface area contributed by atoms with Gasteiger partial charge in [0.25, 0.3) is 5.91 Å². The highest BCUT2D eigenvalue weighted by Gasteiger charge is 2.16. The average molecular weight is 281 g/mol. The van der Waals surface area contributed by atoms with Gasteiger partial charge in [0.1, 0.15) is 4.34 Å². The Morgan fingerprint density at radius 2 is 2.31 bits per heavy atom. The molecule has 16 heavy (non-hydrogen) atoms. The van der Waals surface area contributed by atoms with Gasteiger partial charge in [-0.3, -0.25) is 4.79 Å². The van der Waals surface area contributed by atoms with E-state index in [2.05, 4.69) is 5.32 Å². The summed E-state index contributed by atoms with van der Waals surface area (Å²) in [5.74, 6) is -0.211. The Labute approximate surface area is 109 Å². The standard InChI is InChI=1S/C10H14Cl2N2OS/c1-2-3-6(5-13)14-10(15)7-4-8(11)16-9(7)12/h4,6H,2-3,5,13H2,1H3,(H,14,15). The van der Waals surface area contributed by atoms with Gasteiger partial charge in [0.2, 0.25) is 0 Å². The molecular weight excluding hydrogens is 267 g/mol. The Morgan fingerprint density at radius 3 is 2.75 bits per heavy atom. The van der Waals surface area contributed by atoms with Gasteiger partial charge in [-0.15, -0.1) is 11.3 Å². The Hall–Kier alpha value is -0.290. The minimum absolute atomic E-state index is 0.00718. The van der Waals surface area contributed by atoms with Crippen molar-refractivity contribution in [3.05, 3.63) is 20.3 Å². The lowest BCUT2D eigenvalue weighted by Crippen LogP contribution is -2.40. The van der Waals surface area contributed by atoms with Crippen molar-refractivity contribution in [1.29, 1.82) is 0 Å². The molecule has 0 bridgehead atoms. The first-order valence-corrected chi connectivity index (χ1v) is 6.61. The van der Waals surface area contributed by atoms with Gasteiger partial charge in [-0.1, -0.05) is 36.5 Å². The van der Waals surface area contributed by atoms with E-state index in [1.54, 1.807) is 6.07 Å². The molecule has 1 unspecified atom stereocenters. The van der Waals surface area contributed by atoms with Crippen LogP contribution in [0.2, 0.25) is 8.67 Å². The Balaban J connectivity index is 2.67. The van der Waals surface area contributed by atoms with E-state index < -0.39 is 0 Å². The summed E-state index contributed by atoms with van der Waals surface area (Å²) in [6, 6.07) is 1.57. The number of nitrogens with one attached hydrogen (secondary N) is 1. The number of carbonyl (C=O) groups excluding carboxylic acids is 1. The molecule has 0 spiro atoms. The molecule has 1 aromatic heterocycles. The minimum atomic E-state index is -0.211. The van der Waals surface area contributed by atoms with Crippen LogP contribution < -0.4 is 11.1 Å². The Bertz CT molecular complexity index is 368. The summed E-state index contributed by atoms with van der Waals surface area (Å²) in [6.07, 6.45) is 1.83. The van der Waals surface area contributed by atoms with E-state index in [1.165, 1.54) is 11.3 Å². The van der Waals surface area contributed by atoms with Crippen molar-refractivity contribution in [1.82, 2.24) is 5.32 Å². The predicted molar refractivity (Wildman–Crippen MR) is 69.6 cm³/mol. The molecule has 1 heterocycles. The van der Waals surface area contributed by atoms with Crippen molar-refractivity contribution in [2.24, 2.45) is 5.73 Å². The number of thiophene rings is 1. The lowest BCUT2D eigenvalue weighted by atomic mass is 10.1. The molecule has 0 aliphatic heterocycles. The molecule has 0 aromatic carbocycles. The summed E-state index contributed by atoms with van der Waals surface area (Å²) in [5, 5.41) is 2.84. The van der Waals surface area contributed by atoms with Crippen LogP contribution in [0.15, 0.2) is 6.07 Å². The average Bonchev–Trinajstić information content (AvgIpc) is 2.57. The first-order valence-electron chi connectivity index (χ1n) is 5.04. The SMILES string of the molecule is CCCC(CN)NC(=O)c1cc(Cl)sc1Cl. The molecule has 0 saturated carbocycles. The lowest BCUT2D eigenvalue weighted by Gasteiger charge is -2.15. The summed E-state index contributed by atoms with van der Waals surface area (Å²) < 4.78 is 0.921. The summed E-state index contributed by atoms with van der Waals surface area (Å²) in [5.41, 5.74) is 5.98. The van der Waals surface area contributed by atoms with E-state index in [0.717, 1.165) is 12.8 Å². The fraction of sp³-hybridized carbons (Fsp3) is 0.500. The predicted octanol–water partition coefficient (Wildman–Crippen LogP) is 2.91. The van der Waals surface area contributed by atoms with Crippen molar-refractivity contribution in [3.8, 4) is 0 Å². The maximum atomic E-state index is 11.8. The van der Waals surface area contributed by atoms with Crippen LogP contribution in [-0.2, 0) is 0 Å². The monoisotopic (exact) mass is 280 g/mol. The van der Waals surface area contributed by atoms with Crippen molar-refractivity contribution in [2.75, 3.05) is 6.54 Å². The Kier molecular flexibility index (Phi) is 5.55. The van der Waals surface area contributed by atoms with Crippen LogP contribution in [0.25, 0.3) is 0 Å². The second kappa shape index (κ2) is 6.45. The lowest BCUT2D eigenvalue weighted by molar-refractivity contribution is 0.0937. The van der Waals surface area contributed by atoms with Crippen LogP contribution in [0.4, 0.5) is 0 Å². The second-order valence-electron chi connectivity index (χ2n) is 3.43. The van der Waals surface area contributed by atoms with Gasteiger partial charge in [-0.25, -0.2) is 0 Å². The first kappa shape index (κ1) is 13.8. The van der Waals surface area contributed by atoms with Crippen molar-refractivity contribution < 1.29 is 4.79 Å². The van der Waals surface area contributed by atoms with Crippen LogP contribution in [0.1, 0.15) is 30.1 Å². The highest BCUT2D eigenvalue weighted by molar-refractivity contribution is 7.20. The quantitative estimate of drug-likeness (QED) is 0.871. The molecule has 0 fully saturated rings. The fourth-order valence-corrected chi connectivity index (χ4v) is 2.81. The maximum absolute atomic E-state index is 11.8. The van der Waals surface area contributed by atoms with E-state index in [-0.39, 0.29) is 11.9 Å². The number of halogens is 2. The molecule has 3 nitrogen and oxygen atoms in total. The number of rotatable bonds is 5. The van der Waals surface area contributed by atoms with E-state index >= 15 is 0 Å².